The van der Waals surface area contributed by atoms with Crippen molar-refractivity contribution in [3.05, 3.63) is 42.0 Å². The van der Waals surface area contributed by atoms with Gasteiger partial charge < -0.3 is 9.84 Å². The Morgan fingerprint density at radius 3 is 2.62 bits per heavy atom. The molecule has 21 heavy (non-hydrogen) atoms. The lowest BCUT2D eigenvalue weighted by molar-refractivity contribution is -0.128. The molecule has 2 saturated heterocycles. The number of aliphatic hydroxyl groups is 1. The van der Waals surface area contributed by atoms with Crippen molar-refractivity contribution in [3.8, 4) is 0 Å². The van der Waals surface area contributed by atoms with Gasteiger partial charge in [0.25, 0.3) is 0 Å². The number of ether oxygens (including phenoxy) is 1. The van der Waals surface area contributed by atoms with Gasteiger partial charge in [-0.2, -0.15) is 0 Å². The molecule has 4 rings (SSSR count). The van der Waals surface area contributed by atoms with Gasteiger partial charge in [0.2, 0.25) is 11.8 Å². The molecule has 1 N–H and O–H groups in total. The highest BCUT2D eigenvalue weighted by Crippen LogP contribution is 2.52. The van der Waals surface area contributed by atoms with Gasteiger partial charge >= 0.3 is 0 Å². The van der Waals surface area contributed by atoms with Crippen LogP contribution in [0.15, 0.2) is 36.4 Å². The van der Waals surface area contributed by atoms with Gasteiger partial charge in [0.05, 0.1) is 30.2 Å². The molecule has 108 valence electrons. The lowest BCUT2D eigenvalue weighted by Gasteiger charge is -2.26. The van der Waals surface area contributed by atoms with E-state index < -0.39 is 23.5 Å². The third-order valence-corrected chi connectivity index (χ3v) is 4.69. The van der Waals surface area contributed by atoms with Crippen LogP contribution >= 0.6 is 0 Å². The zero-order valence-electron chi connectivity index (χ0n) is 11.5. The number of rotatable bonds is 2. The molecule has 2 bridgehead atoms. The minimum absolute atomic E-state index is 0.237. The SMILES string of the molecule is Cc1ccc(N2C(=O)[C@H]3[C@@H]4C=C[C@@](CO)(O4)[C@H]3C2=O)cc1. The molecule has 3 aliphatic heterocycles. The van der Waals surface area contributed by atoms with Crippen LogP contribution in [-0.2, 0) is 14.3 Å². The topological polar surface area (TPSA) is 66.8 Å². The molecule has 1 aromatic rings. The second-order valence-corrected chi connectivity index (χ2v) is 5.91. The number of anilines is 1. The fraction of sp³-hybridized carbons (Fsp3) is 0.375. The maximum atomic E-state index is 12.7. The van der Waals surface area contributed by atoms with Gasteiger partial charge in [-0.05, 0) is 19.1 Å². The largest absolute Gasteiger partial charge is 0.393 e. The van der Waals surface area contributed by atoms with Crippen LogP contribution in [0.1, 0.15) is 5.56 Å². The second-order valence-electron chi connectivity index (χ2n) is 5.91. The summed E-state index contributed by atoms with van der Waals surface area (Å²) < 4.78 is 5.69. The van der Waals surface area contributed by atoms with E-state index >= 15 is 0 Å². The molecule has 5 nitrogen and oxygen atoms in total. The normalized spacial score (nSPS) is 36.7. The molecular weight excluding hydrogens is 270 g/mol. The molecule has 0 aromatic heterocycles. The molecule has 0 aliphatic carbocycles. The Labute approximate surface area is 121 Å². The number of benzene rings is 1. The number of carbonyl (C=O) groups excluding carboxylic acids is 2. The lowest BCUT2D eigenvalue weighted by atomic mass is 9.77. The van der Waals surface area contributed by atoms with Crippen LogP contribution in [0, 0.1) is 18.8 Å². The van der Waals surface area contributed by atoms with Crippen LogP contribution in [0.5, 0.6) is 0 Å². The van der Waals surface area contributed by atoms with E-state index in [1.807, 2.05) is 19.1 Å². The quantitative estimate of drug-likeness (QED) is 0.645. The fourth-order valence-electron chi connectivity index (χ4n) is 3.63. The summed E-state index contributed by atoms with van der Waals surface area (Å²) in [6.07, 6.45) is 3.10. The monoisotopic (exact) mass is 285 g/mol. The third-order valence-electron chi connectivity index (χ3n) is 4.69. The Hall–Kier alpha value is -1.98. The fourth-order valence-corrected chi connectivity index (χ4v) is 3.63. The molecule has 3 aliphatic rings. The summed E-state index contributed by atoms with van der Waals surface area (Å²) in [5.41, 5.74) is 0.619. The van der Waals surface area contributed by atoms with Gasteiger partial charge in [0, 0.05) is 0 Å². The highest BCUT2D eigenvalue weighted by molar-refractivity contribution is 6.23. The molecule has 1 aromatic carbocycles. The van der Waals surface area contributed by atoms with Crippen molar-refractivity contribution in [2.75, 3.05) is 11.5 Å². The molecule has 2 fully saturated rings. The number of hydrogen-bond donors (Lipinski definition) is 1. The van der Waals surface area contributed by atoms with E-state index in [2.05, 4.69) is 0 Å². The predicted molar refractivity (Wildman–Crippen MR) is 74.5 cm³/mol. The zero-order valence-corrected chi connectivity index (χ0v) is 11.5. The van der Waals surface area contributed by atoms with E-state index in [0.717, 1.165) is 5.56 Å². The smallest absolute Gasteiger partial charge is 0.241 e. The van der Waals surface area contributed by atoms with Gasteiger partial charge in [0.1, 0.15) is 5.60 Å². The average molecular weight is 285 g/mol. The van der Waals surface area contributed by atoms with E-state index in [-0.39, 0.29) is 18.4 Å². The second kappa shape index (κ2) is 4.02. The Balaban J connectivity index is 1.77. The molecule has 0 radical (unpaired) electrons. The maximum Gasteiger partial charge on any atom is 0.241 e. The van der Waals surface area contributed by atoms with Crippen LogP contribution in [0.4, 0.5) is 5.69 Å². The first-order valence-corrected chi connectivity index (χ1v) is 7.00. The van der Waals surface area contributed by atoms with Crippen molar-refractivity contribution in [2.24, 2.45) is 11.8 Å². The van der Waals surface area contributed by atoms with Crippen LogP contribution in [0.2, 0.25) is 0 Å². The molecule has 2 amide bonds. The molecular formula is C16H15NO4. The summed E-state index contributed by atoms with van der Waals surface area (Å²) in [5.74, 6) is -1.66. The van der Waals surface area contributed by atoms with Gasteiger partial charge in [-0.15, -0.1) is 0 Å². The van der Waals surface area contributed by atoms with Crippen LogP contribution in [-0.4, -0.2) is 35.2 Å². The summed E-state index contributed by atoms with van der Waals surface area (Å²) in [4.78, 5) is 26.6. The number of aryl methyl sites for hydroxylation is 1. The summed E-state index contributed by atoms with van der Waals surface area (Å²) in [5, 5.41) is 9.63. The average Bonchev–Trinajstić information content (AvgIpc) is 3.12. The van der Waals surface area contributed by atoms with E-state index in [4.69, 9.17) is 4.74 Å². The number of fused-ring (bicyclic) bond motifs is 5. The van der Waals surface area contributed by atoms with Gasteiger partial charge in [-0.1, -0.05) is 29.8 Å². The standard InChI is InChI=1S/C16H15NO4/c1-9-2-4-10(5-3-9)17-14(19)12-11-6-7-16(8-18,21-11)13(12)15(17)20/h2-7,11-13,18H,8H2,1H3/t11-,12-,13+,16-/m0/s1. The molecule has 4 atom stereocenters. The Morgan fingerprint density at radius 2 is 1.95 bits per heavy atom. The summed E-state index contributed by atoms with van der Waals surface area (Å²) >= 11 is 0. The van der Waals surface area contributed by atoms with E-state index in [9.17, 15) is 14.7 Å². The van der Waals surface area contributed by atoms with Gasteiger partial charge in [-0.25, -0.2) is 4.90 Å². The van der Waals surface area contributed by atoms with Crippen LogP contribution in [0.3, 0.4) is 0 Å². The number of hydrogen-bond acceptors (Lipinski definition) is 4. The van der Waals surface area contributed by atoms with Gasteiger partial charge in [0.15, 0.2) is 0 Å². The minimum Gasteiger partial charge on any atom is -0.393 e. The maximum absolute atomic E-state index is 12.7. The van der Waals surface area contributed by atoms with E-state index in [0.29, 0.717) is 5.69 Å². The third kappa shape index (κ3) is 1.47. The summed E-state index contributed by atoms with van der Waals surface area (Å²) in [6, 6.07) is 7.28. The van der Waals surface area contributed by atoms with Crippen LogP contribution < -0.4 is 4.90 Å². The first kappa shape index (κ1) is 12.7. The highest BCUT2D eigenvalue weighted by Gasteiger charge is 2.67. The minimum atomic E-state index is -1.03. The Bertz CT molecular complexity index is 665. The zero-order chi connectivity index (χ0) is 14.8. The number of nitrogens with zero attached hydrogens (tertiary/aromatic N) is 1. The predicted octanol–water partition coefficient (Wildman–Crippen LogP) is 0.800. The molecule has 0 unspecified atom stereocenters. The first-order valence-electron chi connectivity index (χ1n) is 7.00. The summed E-state index contributed by atoms with van der Waals surface area (Å²) in [7, 11) is 0. The molecule has 5 heteroatoms. The summed E-state index contributed by atoms with van der Waals surface area (Å²) in [6.45, 7) is 1.66. The van der Waals surface area contributed by atoms with Crippen molar-refractivity contribution in [3.63, 3.8) is 0 Å². The number of imide groups is 1. The van der Waals surface area contributed by atoms with Crippen molar-refractivity contribution in [2.45, 2.75) is 18.6 Å². The van der Waals surface area contributed by atoms with E-state index in [1.54, 1.807) is 24.3 Å². The first-order chi connectivity index (χ1) is 10.1. The Morgan fingerprint density at radius 1 is 1.24 bits per heavy atom. The Kier molecular flexibility index (Phi) is 2.44. The van der Waals surface area contributed by atoms with Crippen molar-refractivity contribution >= 4 is 17.5 Å². The van der Waals surface area contributed by atoms with Crippen molar-refractivity contribution < 1.29 is 19.4 Å². The molecule has 3 heterocycles. The number of amides is 2. The number of carbonyl (C=O) groups is 2. The number of aliphatic hydroxyl groups excluding tert-OH is 1. The molecule has 0 saturated carbocycles. The lowest BCUT2D eigenvalue weighted by Crippen LogP contribution is -2.43. The highest BCUT2D eigenvalue weighted by atomic mass is 16.5. The van der Waals surface area contributed by atoms with Crippen molar-refractivity contribution in [1.82, 2.24) is 0 Å². The van der Waals surface area contributed by atoms with Crippen LogP contribution in [0.25, 0.3) is 0 Å². The van der Waals surface area contributed by atoms with Crippen molar-refractivity contribution in [1.29, 1.82) is 0 Å². The van der Waals surface area contributed by atoms with E-state index in [1.165, 1.54) is 4.90 Å². The molecule has 0 spiro atoms. The van der Waals surface area contributed by atoms with Gasteiger partial charge in [-0.3, -0.25) is 9.59 Å².